The average molecular weight is 216 g/mol. The first-order valence-corrected chi connectivity index (χ1v) is 6.26. The molecule has 0 nitrogen and oxygen atoms in total. The van der Waals surface area contributed by atoms with E-state index in [1.807, 2.05) is 6.08 Å². The molecule has 0 aliphatic carbocycles. The molecule has 0 N–H and O–H groups in total. The largest absolute Gasteiger partial charge is 0.0985 e. The van der Waals surface area contributed by atoms with Gasteiger partial charge in [-0.2, -0.15) is 0 Å². The summed E-state index contributed by atoms with van der Waals surface area (Å²) in [6, 6.07) is 6.88. The molecule has 0 fully saturated rings. The molecule has 0 amide bonds. The van der Waals surface area contributed by atoms with Crippen molar-refractivity contribution >= 4 is 6.08 Å². The minimum absolute atomic E-state index is 0.715. The van der Waals surface area contributed by atoms with E-state index in [-0.39, 0.29) is 0 Å². The molecule has 0 bridgehead atoms. The van der Waals surface area contributed by atoms with Gasteiger partial charge in [-0.1, -0.05) is 58.5 Å². The Bertz CT molecular complexity index is 317. The lowest BCUT2D eigenvalue weighted by Crippen LogP contribution is -1.99. The van der Waals surface area contributed by atoms with Crippen LogP contribution in [0.25, 0.3) is 6.08 Å². The minimum Gasteiger partial charge on any atom is -0.0985 e. The van der Waals surface area contributed by atoms with Crippen LogP contribution < -0.4 is 0 Å². The maximum atomic E-state index is 3.87. The predicted molar refractivity (Wildman–Crippen MR) is 73.6 cm³/mol. The first-order chi connectivity index (χ1) is 7.51. The van der Waals surface area contributed by atoms with Crippen LogP contribution in [0.3, 0.4) is 0 Å². The number of hydrogen-bond acceptors (Lipinski definition) is 0. The van der Waals surface area contributed by atoms with E-state index in [9.17, 15) is 0 Å². The van der Waals surface area contributed by atoms with Crippen LogP contribution in [0.1, 0.15) is 44.4 Å². The summed E-state index contributed by atoms with van der Waals surface area (Å²) in [6.07, 6.45) is 4.27. The molecule has 0 spiro atoms. The summed E-state index contributed by atoms with van der Waals surface area (Å²) in [6.45, 7) is 12.9. The summed E-state index contributed by atoms with van der Waals surface area (Å²) in [5.41, 5.74) is 4.15. The maximum Gasteiger partial charge on any atom is -0.0255 e. The van der Waals surface area contributed by atoms with Crippen molar-refractivity contribution in [2.45, 2.75) is 40.5 Å². The van der Waals surface area contributed by atoms with Crippen LogP contribution >= 0.6 is 0 Å². The van der Waals surface area contributed by atoms with E-state index in [1.54, 1.807) is 0 Å². The van der Waals surface area contributed by atoms with Crippen LogP contribution in [-0.2, 0) is 12.8 Å². The number of benzene rings is 1. The third-order valence-corrected chi connectivity index (χ3v) is 2.60. The summed E-state index contributed by atoms with van der Waals surface area (Å²) in [5.74, 6) is 1.43. The SMILES string of the molecule is C=Cc1cc(CC(C)C)cc(CC(C)C)c1. The van der Waals surface area contributed by atoms with Crippen LogP contribution in [0, 0.1) is 11.8 Å². The lowest BCUT2D eigenvalue weighted by molar-refractivity contribution is 0.636. The van der Waals surface area contributed by atoms with Crippen LogP contribution in [0.2, 0.25) is 0 Å². The monoisotopic (exact) mass is 216 g/mol. The molecule has 1 rings (SSSR count). The van der Waals surface area contributed by atoms with E-state index in [1.165, 1.54) is 16.7 Å². The molecule has 1 aromatic carbocycles. The summed E-state index contributed by atoms with van der Waals surface area (Å²) in [5, 5.41) is 0. The Kier molecular flexibility index (Phi) is 4.79. The second kappa shape index (κ2) is 5.89. The molecule has 1 aromatic rings. The van der Waals surface area contributed by atoms with E-state index >= 15 is 0 Å². The highest BCUT2D eigenvalue weighted by atomic mass is 14.1. The van der Waals surface area contributed by atoms with Crippen LogP contribution in [0.15, 0.2) is 24.8 Å². The molecule has 0 heteroatoms. The van der Waals surface area contributed by atoms with Crippen molar-refractivity contribution in [2.24, 2.45) is 11.8 Å². The van der Waals surface area contributed by atoms with Gasteiger partial charge in [0.2, 0.25) is 0 Å². The third-order valence-electron chi connectivity index (χ3n) is 2.60. The number of rotatable bonds is 5. The fourth-order valence-corrected chi connectivity index (χ4v) is 2.09. The molecule has 0 atom stereocenters. The van der Waals surface area contributed by atoms with Crippen molar-refractivity contribution < 1.29 is 0 Å². The molecule has 0 heterocycles. The van der Waals surface area contributed by atoms with Gasteiger partial charge in [-0.15, -0.1) is 0 Å². The molecule has 0 saturated heterocycles. The Morgan fingerprint density at radius 1 is 0.938 bits per heavy atom. The van der Waals surface area contributed by atoms with Gasteiger partial charge in [0.05, 0.1) is 0 Å². The van der Waals surface area contributed by atoms with Gasteiger partial charge >= 0.3 is 0 Å². The molecular weight excluding hydrogens is 192 g/mol. The Hall–Kier alpha value is -1.04. The van der Waals surface area contributed by atoms with Gasteiger partial charge in [0.1, 0.15) is 0 Å². The fourth-order valence-electron chi connectivity index (χ4n) is 2.09. The van der Waals surface area contributed by atoms with Crippen LogP contribution in [0.4, 0.5) is 0 Å². The van der Waals surface area contributed by atoms with E-state index in [0.29, 0.717) is 11.8 Å². The summed E-state index contributed by atoms with van der Waals surface area (Å²) >= 11 is 0. The fraction of sp³-hybridized carbons (Fsp3) is 0.500. The predicted octanol–water partition coefficient (Wildman–Crippen LogP) is 4.73. The molecule has 0 radical (unpaired) electrons. The first-order valence-electron chi connectivity index (χ1n) is 6.26. The molecule has 0 aromatic heterocycles. The zero-order valence-corrected chi connectivity index (χ0v) is 11.1. The van der Waals surface area contributed by atoms with E-state index in [4.69, 9.17) is 0 Å². The summed E-state index contributed by atoms with van der Waals surface area (Å²) in [7, 11) is 0. The molecule has 0 aliphatic heterocycles. The molecule has 88 valence electrons. The van der Waals surface area contributed by atoms with Gasteiger partial charge in [-0.3, -0.25) is 0 Å². The van der Waals surface area contributed by atoms with Crippen molar-refractivity contribution in [3.8, 4) is 0 Å². The first kappa shape index (κ1) is 13.0. The zero-order chi connectivity index (χ0) is 12.1. The zero-order valence-electron chi connectivity index (χ0n) is 11.1. The standard InChI is InChI=1S/C16H24/c1-6-14-9-15(7-12(2)3)11-16(10-14)8-13(4)5/h6,9-13H,1,7-8H2,2-5H3. The van der Waals surface area contributed by atoms with Crippen molar-refractivity contribution in [2.75, 3.05) is 0 Å². The Balaban J connectivity index is 2.95. The third kappa shape index (κ3) is 4.22. The maximum absolute atomic E-state index is 3.87. The second-order valence-corrected chi connectivity index (χ2v) is 5.48. The van der Waals surface area contributed by atoms with E-state index < -0.39 is 0 Å². The van der Waals surface area contributed by atoms with E-state index in [2.05, 4.69) is 52.5 Å². The molecule has 0 saturated carbocycles. The lowest BCUT2D eigenvalue weighted by atomic mass is 9.94. The summed E-state index contributed by atoms with van der Waals surface area (Å²) < 4.78 is 0. The number of hydrogen-bond donors (Lipinski definition) is 0. The van der Waals surface area contributed by atoms with Crippen molar-refractivity contribution in [3.63, 3.8) is 0 Å². The van der Waals surface area contributed by atoms with Gasteiger partial charge in [0.25, 0.3) is 0 Å². The van der Waals surface area contributed by atoms with Gasteiger partial charge in [0.15, 0.2) is 0 Å². The minimum atomic E-state index is 0.715. The van der Waals surface area contributed by atoms with Crippen molar-refractivity contribution in [1.82, 2.24) is 0 Å². The highest BCUT2D eigenvalue weighted by molar-refractivity contribution is 5.50. The van der Waals surface area contributed by atoms with Gasteiger partial charge in [0, 0.05) is 0 Å². The summed E-state index contributed by atoms with van der Waals surface area (Å²) in [4.78, 5) is 0. The molecule has 16 heavy (non-hydrogen) atoms. The molecule has 0 unspecified atom stereocenters. The van der Waals surface area contributed by atoms with Gasteiger partial charge < -0.3 is 0 Å². The van der Waals surface area contributed by atoms with Crippen molar-refractivity contribution in [3.05, 3.63) is 41.5 Å². The lowest BCUT2D eigenvalue weighted by Gasteiger charge is -2.11. The van der Waals surface area contributed by atoms with Gasteiger partial charge in [-0.05, 0) is 41.4 Å². The molecular formula is C16H24. The van der Waals surface area contributed by atoms with Crippen LogP contribution in [-0.4, -0.2) is 0 Å². The normalized spacial score (nSPS) is 11.1. The van der Waals surface area contributed by atoms with Gasteiger partial charge in [-0.25, -0.2) is 0 Å². The highest BCUT2D eigenvalue weighted by Gasteiger charge is 2.03. The average Bonchev–Trinajstić information content (AvgIpc) is 2.14. The highest BCUT2D eigenvalue weighted by Crippen LogP contribution is 2.17. The Morgan fingerprint density at radius 3 is 1.69 bits per heavy atom. The smallest absolute Gasteiger partial charge is 0.0255 e. The van der Waals surface area contributed by atoms with E-state index in [0.717, 1.165) is 12.8 Å². The van der Waals surface area contributed by atoms with Crippen molar-refractivity contribution in [1.29, 1.82) is 0 Å². The Labute approximate surface area is 100 Å². The second-order valence-electron chi connectivity index (χ2n) is 5.48. The Morgan fingerprint density at radius 2 is 1.38 bits per heavy atom. The topological polar surface area (TPSA) is 0 Å². The van der Waals surface area contributed by atoms with Crippen LogP contribution in [0.5, 0.6) is 0 Å². The quantitative estimate of drug-likeness (QED) is 0.667. The molecule has 0 aliphatic rings.